The molecule has 210 valence electrons. The molecular formula is C31H31F4N3O2. The molecule has 0 amide bonds. The molecule has 0 saturated carbocycles. The Kier molecular flexibility index (Phi) is 9.14. The summed E-state index contributed by atoms with van der Waals surface area (Å²) >= 11 is 0. The van der Waals surface area contributed by atoms with Gasteiger partial charge in [-0.1, -0.05) is 42.8 Å². The number of carbonyl (C=O) groups is 1. The summed E-state index contributed by atoms with van der Waals surface area (Å²) in [6, 6.07) is 18.5. The highest BCUT2D eigenvalue weighted by molar-refractivity contribution is 6.05. The number of carbonyl (C=O) groups excluding carboxylic acids is 1. The third-order valence-corrected chi connectivity index (χ3v) is 7.28. The minimum atomic E-state index is -4.51. The fraction of sp³-hybridized carbons (Fsp3) is 0.323. The Hall–Kier alpha value is -3.85. The Morgan fingerprint density at radius 1 is 1.05 bits per heavy atom. The molecule has 0 bridgehead atoms. The summed E-state index contributed by atoms with van der Waals surface area (Å²) in [7, 11) is 1.78. The Labute approximate surface area is 230 Å². The number of amidine groups is 1. The molecule has 9 heteroatoms. The van der Waals surface area contributed by atoms with Gasteiger partial charge < -0.3 is 10.0 Å². The van der Waals surface area contributed by atoms with E-state index >= 15 is 0 Å². The van der Waals surface area contributed by atoms with Gasteiger partial charge in [0, 0.05) is 43.5 Å². The highest BCUT2D eigenvalue weighted by Crippen LogP contribution is 2.47. The van der Waals surface area contributed by atoms with Crippen molar-refractivity contribution >= 4 is 29.2 Å². The average Bonchev–Trinajstić information content (AvgIpc) is 3.42. The van der Waals surface area contributed by atoms with Gasteiger partial charge in [0.2, 0.25) is 0 Å². The van der Waals surface area contributed by atoms with Crippen molar-refractivity contribution < 1.29 is 27.5 Å². The van der Waals surface area contributed by atoms with Crippen LogP contribution in [0.15, 0.2) is 82.8 Å². The van der Waals surface area contributed by atoms with Crippen molar-refractivity contribution in [2.75, 3.05) is 25.1 Å². The monoisotopic (exact) mass is 553 g/mol. The molecule has 5 nitrogen and oxygen atoms in total. The molecule has 3 aromatic rings. The minimum absolute atomic E-state index is 0.0716. The Morgan fingerprint density at radius 3 is 2.42 bits per heavy atom. The number of halogens is 4. The second-order valence-corrected chi connectivity index (χ2v) is 9.87. The summed E-state index contributed by atoms with van der Waals surface area (Å²) in [6.45, 7) is -0.352. The number of aliphatic imine (C=N–C) groups is 2. The maximum absolute atomic E-state index is 14.4. The van der Waals surface area contributed by atoms with Gasteiger partial charge in [-0.25, -0.2) is 9.38 Å². The van der Waals surface area contributed by atoms with Gasteiger partial charge in [0.15, 0.2) is 6.29 Å². The Morgan fingerprint density at radius 2 is 1.77 bits per heavy atom. The number of aliphatic hydroxyl groups is 1. The lowest BCUT2D eigenvalue weighted by Gasteiger charge is -2.31. The van der Waals surface area contributed by atoms with Crippen molar-refractivity contribution in [1.29, 1.82) is 0 Å². The standard InChI is InChI=1S/C31H31F4N3O2/c1-38(26-15-13-25(32)14-16-26)29(10-6-3-7-17-39)37-27-18-22(11-12-23(27)20-40)28-19-30(21-36-28,31(33,34)35)24-8-4-2-5-9-24/h2,4-5,8-9,11-16,18,20,39H,3,6-7,10,17,19,21H2,1H3. The normalized spacial score (nSPS) is 17.6. The molecule has 0 radical (unpaired) electrons. The number of aliphatic hydroxyl groups excluding tert-OH is 1. The molecule has 0 spiro atoms. The minimum Gasteiger partial charge on any atom is -0.396 e. The molecule has 0 aromatic heterocycles. The van der Waals surface area contributed by atoms with Crippen LogP contribution in [0.4, 0.5) is 28.9 Å². The van der Waals surface area contributed by atoms with E-state index in [-0.39, 0.29) is 30.0 Å². The second-order valence-electron chi connectivity index (χ2n) is 9.87. The Bertz CT molecular complexity index is 1370. The van der Waals surface area contributed by atoms with E-state index in [2.05, 4.69) is 4.99 Å². The van der Waals surface area contributed by atoms with Crippen LogP contribution in [0.5, 0.6) is 0 Å². The van der Waals surface area contributed by atoms with E-state index in [1.54, 1.807) is 60.5 Å². The van der Waals surface area contributed by atoms with Crippen molar-refractivity contribution in [1.82, 2.24) is 0 Å². The van der Waals surface area contributed by atoms with Crippen molar-refractivity contribution in [3.8, 4) is 0 Å². The zero-order chi connectivity index (χ0) is 28.8. The number of aldehydes is 1. The third-order valence-electron chi connectivity index (χ3n) is 7.28. The van der Waals surface area contributed by atoms with Gasteiger partial charge in [0.25, 0.3) is 0 Å². The maximum atomic E-state index is 14.4. The van der Waals surface area contributed by atoms with Gasteiger partial charge in [-0.2, -0.15) is 13.2 Å². The third kappa shape index (κ3) is 6.31. The molecule has 1 aliphatic rings. The summed E-state index contributed by atoms with van der Waals surface area (Å²) in [5, 5.41) is 9.15. The molecular weight excluding hydrogens is 522 g/mol. The number of benzene rings is 3. The van der Waals surface area contributed by atoms with Crippen molar-refractivity contribution in [3.05, 3.63) is 95.3 Å². The van der Waals surface area contributed by atoms with Crippen LogP contribution in [0, 0.1) is 5.82 Å². The lowest BCUT2D eigenvalue weighted by atomic mass is 9.76. The predicted octanol–water partition coefficient (Wildman–Crippen LogP) is 7.05. The lowest BCUT2D eigenvalue weighted by Crippen LogP contribution is -2.43. The predicted molar refractivity (Wildman–Crippen MR) is 149 cm³/mol. The van der Waals surface area contributed by atoms with Crippen LogP contribution < -0.4 is 4.90 Å². The fourth-order valence-corrected chi connectivity index (χ4v) is 4.87. The van der Waals surface area contributed by atoms with Crippen LogP contribution in [0.25, 0.3) is 0 Å². The van der Waals surface area contributed by atoms with Crippen LogP contribution >= 0.6 is 0 Å². The molecule has 1 heterocycles. The molecule has 40 heavy (non-hydrogen) atoms. The van der Waals surface area contributed by atoms with E-state index in [0.717, 1.165) is 6.42 Å². The van der Waals surface area contributed by atoms with Crippen LogP contribution in [-0.2, 0) is 5.41 Å². The van der Waals surface area contributed by atoms with Crippen LogP contribution in [-0.4, -0.2) is 49.3 Å². The van der Waals surface area contributed by atoms with E-state index < -0.39 is 18.1 Å². The van der Waals surface area contributed by atoms with Gasteiger partial charge in [0.1, 0.15) is 17.1 Å². The highest BCUT2D eigenvalue weighted by Gasteiger charge is 2.58. The maximum Gasteiger partial charge on any atom is 0.400 e. The Balaban J connectivity index is 1.70. The first-order valence-electron chi connectivity index (χ1n) is 13.1. The molecule has 3 aromatic carbocycles. The average molecular weight is 554 g/mol. The first-order valence-corrected chi connectivity index (χ1v) is 13.1. The number of hydrogen-bond acceptors (Lipinski definition) is 4. The smallest absolute Gasteiger partial charge is 0.396 e. The van der Waals surface area contributed by atoms with Crippen molar-refractivity contribution in [2.45, 2.75) is 43.7 Å². The quantitative estimate of drug-likeness (QED) is 0.0962. The summed E-state index contributed by atoms with van der Waals surface area (Å²) in [4.78, 5) is 22.8. The molecule has 1 aliphatic heterocycles. The molecule has 0 saturated heterocycles. The second kappa shape index (κ2) is 12.6. The molecule has 0 fully saturated rings. The molecule has 0 aliphatic carbocycles. The van der Waals surface area contributed by atoms with Gasteiger partial charge >= 0.3 is 6.18 Å². The number of rotatable bonds is 10. The van der Waals surface area contributed by atoms with E-state index in [9.17, 15) is 22.4 Å². The van der Waals surface area contributed by atoms with Crippen molar-refractivity contribution in [3.63, 3.8) is 0 Å². The summed E-state index contributed by atoms with van der Waals surface area (Å²) in [5.41, 5.74) is 0.0799. The first kappa shape index (κ1) is 29.1. The summed E-state index contributed by atoms with van der Waals surface area (Å²) in [6.07, 6.45) is -1.59. The highest BCUT2D eigenvalue weighted by atomic mass is 19.4. The van der Waals surface area contributed by atoms with Gasteiger partial charge in [-0.05, 0) is 60.4 Å². The number of anilines is 1. The summed E-state index contributed by atoms with van der Waals surface area (Å²) in [5.74, 6) is 0.212. The van der Waals surface area contributed by atoms with Crippen LogP contribution in [0.3, 0.4) is 0 Å². The van der Waals surface area contributed by atoms with E-state index in [1.807, 2.05) is 0 Å². The van der Waals surface area contributed by atoms with Gasteiger partial charge in [0.05, 0.1) is 12.2 Å². The zero-order valence-electron chi connectivity index (χ0n) is 22.2. The molecule has 1 atom stereocenters. The van der Waals surface area contributed by atoms with E-state index in [0.29, 0.717) is 54.0 Å². The van der Waals surface area contributed by atoms with E-state index in [4.69, 9.17) is 10.1 Å². The number of nitrogens with zero attached hydrogens (tertiary/aromatic N) is 3. The number of alkyl halides is 3. The topological polar surface area (TPSA) is 65.3 Å². The number of unbranched alkanes of at least 4 members (excludes halogenated alkanes) is 2. The van der Waals surface area contributed by atoms with Crippen molar-refractivity contribution in [2.24, 2.45) is 9.98 Å². The van der Waals surface area contributed by atoms with E-state index in [1.165, 1.54) is 24.3 Å². The van der Waals surface area contributed by atoms with Gasteiger partial charge in [-0.3, -0.25) is 9.79 Å². The zero-order valence-corrected chi connectivity index (χ0v) is 22.2. The largest absolute Gasteiger partial charge is 0.400 e. The molecule has 1 N–H and O–H groups in total. The lowest BCUT2D eigenvalue weighted by molar-refractivity contribution is -0.183. The fourth-order valence-electron chi connectivity index (χ4n) is 4.87. The SMILES string of the molecule is CN(C(CCCCCO)=Nc1cc(C2=NCC(c3ccccc3)(C(F)(F)F)C2)ccc1C=O)c1ccc(F)cc1. The molecule has 1 unspecified atom stereocenters. The van der Waals surface area contributed by atoms with Crippen LogP contribution in [0.2, 0.25) is 0 Å². The van der Waals surface area contributed by atoms with Crippen LogP contribution in [0.1, 0.15) is 53.6 Å². The first-order chi connectivity index (χ1) is 19.2. The summed E-state index contributed by atoms with van der Waals surface area (Å²) < 4.78 is 56.8. The molecule has 4 rings (SSSR count). The number of hydrogen-bond donors (Lipinski definition) is 1. The van der Waals surface area contributed by atoms with Gasteiger partial charge in [-0.15, -0.1) is 0 Å².